The smallest absolute Gasteiger partial charge is 0.355 e. The van der Waals surface area contributed by atoms with Crippen molar-refractivity contribution in [1.29, 1.82) is 0 Å². The molecule has 0 amide bonds. The van der Waals surface area contributed by atoms with Crippen LogP contribution in [0.5, 0.6) is 5.75 Å². The monoisotopic (exact) mass is 400 g/mol. The van der Waals surface area contributed by atoms with Crippen LogP contribution in [-0.2, 0) is 33.8 Å². The van der Waals surface area contributed by atoms with Crippen molar-refractivity contribution in [2.75, 3.05) is 50.5 Å². The second kappa shape index (κ2) is 8.27. The molecule has 1 heterocycles. The molecule has 1 aliphatic rings. The minimum Gasteiger partial charge on any atom is -0.494 e. The Hall–Kier alpha value is -2.79. The van der Waals surface area contributed by atoms with E-state index in [2.05, 4.69) is 4.72 Å². The number of sulfonamides is 1. The molecule has 1 aromatic rings. The van der Waals surface area contributed by atoms with Gasteiger partial charge in [-0.3, -0.25) is 4.72 Å². The average molecular weight is 400 g/mol. The lowest BCUT2D eigenvalue weighted by Gasteiger charge is -2.31. The summed E-state index contributed by atoms with van der Waals surface area (Å²) in [6.45, 7) is -0.147. The third-order valence-corrected chi connectivity index (χ3v) is 4.22. The molecule has 0 aliphatic carbocycles. The number of esters is 2. The Morgan fingerprint density at radius 2 is 1.81 bits per heavy atom. The SMILES string of the molecule is COC(=O)C1=C(C(=O)OC)N(c2ccc(NS(C)(=O)=O)c(OC)c2)COC1. The molecule has 2 rings (SSSR count). The Kier molecular flexibility index (Phi) is 6.28. The zero-order valence-electron chi connectivity index (χ0n) is 15.3. The van der Waals surface area contributed by atoms with Gasteiger partial charge in [0.2, 0.25) is 10.0 Å². The summed E-state index contributed by atoms with van der Waals surface area (Å²) in [6.07, 6.45) is 1.01. The van der Waals surface area contributed by atoms with Gasteiger partial charge in [0.1, 0.15) is 18.2 Å². The van der Waals surface area contributed by atoms with Gasteiger partial charge in [-0.25, -0.2) is 18.0 Å². The first-order valence-electron chi connectivity index (χ1n) is 7.62. The largest absolute Gasteiger partial charge is 0.494 e. The Labute approximate surface area is 156 Å². The number of carbonyl (C=O) groups is 2. The van der Waals surface area contributed by atoms with Gasteiger partial charge in [-0.15, -0.1) is 0 Å². The van der Waals surface area contributed by atoms with E-state index in [1.54, 1.807) is 6.07 Å². The molecular formula is C16H20N2O8S. The first-order valence-corrected chi connectivity index (χ1v) is 9.51. The predicted molar refractivity (Wildman–Crippen MR) is 95.8 cm³/mol. The molecule has 0 fully saturated rings. The van der Waals surface area contributed by atoms with Crippen LogP contribution < -0.4 is 14.4 Å². The molecule has 1 aromatic carbocycles. The maximum atomic E-state index is 12.3. The van der Waals surface area contributed by atoms with E-state index in [9.17, 15) is 18.0 Å². The summed E-state index contributed by atoms with van der Waals surface area (Å²) in [6, 6.07) is 4.51. The number of nitrogens with one attached hydrogen (secondary N) is 1. The third kappa shape index (κ3) is 4.68. The van der Waals surface area contributed by atoms with Gasteiger partial charge in [-0.2, -0.15) is 0 Å². The lowest BCUT2D eigenvalue weighted by Crippen LogP contribution is -2.38. The van der Waals surface area contributed by atoms with Crippen molar-refractivity contribution >= 4 is 33.3 Å². The zero-order chi connectivity index (χ0) is 20.2. The number of hydrogen-bond donors (Lipinski definition) is 1. The molecule has 148 valence electrons. The molecule has 11 heteroatoms. The minimum atomic E-state index is -3.51. The van der Waals surface area contributed by atoms with E-state index in [4.69, 9.17) is 18.9 Å². The van der Waals surface area contributed by atoms with Crippen molar-refractivity contribution in [3.05, 3.63) is 29.5 Å². The lowest BCUT2D eigenvalue weighted by molar-refractivity contribution is -0.140. The van der Waals surface area contributed by atoms with Crippen molar-refractivity contribution in [1.82, 2.24) is 0 Å². The Balaban J connectivity index is 2.54. The normalized spacial score (nSPS) is 14.6. The molecular weight excluding hydrogens is 380 g/mol. The van der Waals surface area contributed by atoms with Crippen molar-refractivity contribution in [3.63, 3.8) is 0 Å². The number of nitrogens with zero attached hydrogens (tertiary/aromatic N) is 1. The molecule has 1 N–H and O–H groups in total. The molecule has 0 spiro atoms. The van der Waals surface area contributed by atoms with E-state index in [0.29, 0.717) is 5.69 Å². The number of anilines is 2. The summed E-state index contributed by atoms with van der Waals surface area (Å²) < 4.78 is 45.4. The van der Waals surface area contributed by atoms with Crippen LogP contribution in [0.25, 0.3) is 0 Å². The highest BCUT2D eigenvalue weighted by atomic mass is 32.2. The zero-order valence-corrected chi connectivity index (χ0v) is 16.1. The number of hydrogen-bond acceptors (Lipinski definition) is 9. The molecule has 0 radical (unpaired) electrons. The van der Waals surface area contributed by atoms with Crippen LogP contribution in [-0.4, -0.2) is 61.3 Å². The molecule has 0 unspecified atom stereocenters. The Morgan fingerprint density at radius 3 is 2.37 bits per heavy atom. The highest BCUT2D eigenvalue weighted by molar-refractivity contribution is 7.92. The summed E-state index contributed by atoms with van der Waals surface area (Å²) in [5.74, 6) is -1.24. The summed E-state index contributed by atoms with van der Waals surface area (Å²) in [7, 11) is 0.244. The first-order chi connectivity index (χ1) is 12.7. The minimum absolute atomic E-state index is 0.00732. The number of benzene rings is 1. The highest BCUT2D eigenvalue weighted by Gasteiger charge is 2.32. The van der Waals surface area contributed by atoms with E-state index in [0.717, 1.165) is 6.26 Å². The van der Waals surface area contributed by atoms with Gasteiger partial charge in [0.25, 0.3) is 0 Å². The Bertz CT molecular complexity index is 878. The number of methoxy groups -OCH3 is 3. The summed E-state index contributed by atoms with van der Waals surface area (Å²) in [5, 5.41) is 0. The standard InChI is InChI=1S/C16H20N2O8S/c1-23-13-7-10(5-6-12(13)17-27(4,21)22)18-9-26-8-11(15(19)24-2)14(18)16(20)25-3/h5-7,17H,8-9H2,1-4H3. The molecule has 0 bridgehead atoms. The van der Waals surface area contributed by atoms with Gasteiger partial charge in [0.05, 0.1) is 45.5 Å². The van der Waals surface area contributed by atoms with E-state index in [-0.39, 0.29) is 36.0 Å². The fourth-order valence-corrected chi connectivity index (χ4v) is 3.05. The topological polar surface area (TPSA) is 120 Å². The Morgan fingerprint density at radius 1 is 1.15 bits per heavy atom. The maximum Gasteiger partial charge on any atom is 0.355 e. The quantitative estimate of drug-likeness (QED) is 0.679. The third-order valence-electron chi connectivity index (χ3n) is 3.63. The highest BCUT2D eigenvalue weighted by Crippen LogP contribution is 2.34. The second-order valence-electron chi connectivity index (χ2n) is 5.47. The number of ether oxygens (including phenoxy) is 4. The summed E-state index contributed by atoms with van der Waals surface area (Å²) in [4.78, 5) is 25.7. The molecule has 0 saturated heterocycles. The molecule has 10 nitrogen and oxygen atoms in total. The summed E-state index contributed by atoms with van der Waals surface area (Å²) in [5.41, 5.74) is 0.625. The fraction of sp³-hybridized carbons (Fsp3) is 0.375. The van der Waals surface area contributed by atoms with E-state index in [1.165, 1.54) is 38.4 Å². The van der Waals surface area contributed by atoms with E-state index >= 15 is 0 Å². The average Bonchev–Trinajstić information content (AvgIpc) is 2.65. The molecule has 1 aliphatic heterocycles. The van der Waals surface area contributed by atoms with Gasteiger partial charge < -0.3 is 23.8 Å². The molecule has 0 atom stereocenters. The fourth-order valence-electron chi connectivity index (χ4n) is 2.48. The molecule has 0 saturated carbocycles. The van der Waals surface area contributed by atoms with Gasteiger partial charge in [0, 0.05) is 11.8 Å². The van der Waals surface area contributed by atoms with Crippen molar-refractivity contribution < 1.29 is 37.0 Å². The van der Waals surface area contributed by atoms with Crippen molar-refractivity contribution in [3.8, 4) is 5.75 Å². The van der Waals surface area contributed by atoms with Gasteiger partial charge in [0.15, 0.2) is 0 Å². The maximum absolute atomic E-state index is 12.3. The van der Waals surface area contributed by atoms with Crippen LogP contribution >= 0.6 is 0 Å². The van der Waals surface area contributed by atoms with Crippen LogP contribution in [0.2, 0.25) is 0 Å². The van der Waals surface area contributed by atoms with E-state index < -0.39 is 22.0 Å². The van der Waals surface area contributed by atoms with Crippen LogP contribution in [0.3, 0.4) is 0 Å². The van der Waals surface area contributed by atoms with Crippen LogP contribution in [0, 0.1) is 0 Å². The first kappa shape index (κ1) is 20.5. The van der Waals surface area contributed by atoms with Crippen LogP contribution in [0.1, 0.15) is 0 Å². The van der Waals surface area contributed by atoms with E-state index in [1.807, 2.05) is 0 Å². The van der Waals surface area contributed by atoms with Gasteiger partial charge in [-0.05, 0) is 12.1 Å². The van der Waals surface area contributed by atoms with Crippen LogP contribution in [0.4, 0.5) is 11.4 Å². The number of carbonyl (C=O) groups excluding carboxylic acids is 2. The number of rotatable bonds is 6. The van der Waals surface area contributed by atoms with Crippen LogP contribution in [0.15, 0.2) is 29.5 Å². The van der Waals surface area contributed by atoms with Gasteiger partial charge in [-0.1, -0.05) is 0 Å². The molecule has 27 heavy (non-hydrogen) atoms. The van der Waals surface area contributed by atoms with Gasteiger partial charge >= 0.3 is 11.9 Å². The van der Waals surface area contributed by atoms with Crippen molar-refractivity contribution in [2.24, 2.45) is 0 Å². The predicted octanol–water partition coefficient (Wildman–Crippen LogP) is 0.461. The second-order valence-corrected chi connectivity index (χ2v) is 7.22. The summed E-state index contributed by atoms with van der Waals surface area (Å²) >= 11 is 0. The van der Waals surface area contributed by atoms with Crippen molar-refractivity contribution in [2.45, 2.75) is 0 Å². The lowest BCUT2D eigenvalue weighted by atomic mass is 10.1. The molecule has 0 aromatic heterocycles.